The van der Waals surface area contributed by atoms with Crippen LogP contribution in [0.1, 0.15) is 37.9 Å². The second kappa shape index (κ2) is 8.42. The van der Waals surface area contributed by atoms with Gasteiger partial charge in [-0.1, -0.05) is 26.8 Å². The van der Waals surface area contributed by atoms with Crippen LogP contribution in [0, 0.1) is 5.41 Å². The van der Waals surface area contributed by atoms with Gasteiger partial charge in [0.15, 0.2) is 5.69 Å². The standard InChI is InChI=1S/C18H22F3N5O2/c1-17(2,3)6-7-26-14(8-15(25-26)18(19,20)21)10-23-16(28)24-12-4-5-13(11-27)22-9-12/h4-9,27H,10-11H2,1-3H3,(H2,23,24,28). The second-order valence-electron chi connectivity index (χ2n) is 7.15. The number of amides is 2. The zero-order valence-corrected chi connectivity index (χ0v) is 15.7. The smallest absolute Gasteiger partial charge is 0.390 e. The molecule has 0 radical (unpaired) electrons. The van der Waals surface area contributed by atoms with Crippen LogP contribution >= 0.6 is 0 Å². The number of aliphatic hydroxyl groups excluding tert-OH is 1. The Morgan fingerprint density at radius 2 is 2.00 bits per heavy atom. The fraction of sp³-hybridized carbons (Fsp3) is 0.389. The van der Waals surface area contributed by atoms with Gasteiger partial charge in [-0.05, 0) is 23.6 Å². The fourth-order valence-corrected chi connectivity index (χ4v) is 2.07. The molecule has 2 rings (SSSR count). The number of carbonyl (C=O) groups excluding carboxylic acids is 1. The number of halogens is 3. The largest absolute Gasteiger partial charge is 0.435 e. The number of aromatic nitrogens is 3. The normalized spacial score (nSPS) is 12.4. The Morgan fingerprint density at radius 1 is 1.29 bits per heavy atom. The van der Waals surface area contributed by atoms with Crippen LogP contribution in [-0.4, -0.2) is 25.9 Å². The molecule has 0 saturated carbocycles. The van der Waals surface area contributed by atoms with Crippen LogP contribution in [0.4, 0.5) is 23.7 Å². The lowest BCUT2D eigenvalue weighted by molar-refractivity contribution is -0.141. The van der Waals surface area contributed by atoms with E-state index in [0.29, 0.717) is 11.4 Å². The molecule has 2 heterocycles. The van der Waals surface area contributed by atoms with Gasteiger partial charge >= 0.3 is 12.2 Å². The average molecular weight is 397 g/mol. The topological polar surface area (TPSA) is 92.1 Å². The fourth-order valence-electron chi connectivity index (χ4n) is 2.07. The Hall–Kier alpha value is -2.88. The number of hydrogen-bond donors (Lipinski definition) is 3. The molecule has 0 saturated heterocycles. The van der Waals surface area contributed by atoms with E-state index in [9.17, 15) is 18.0 Å². The predicted octanol–water partition coefficient (Wildman–Crippen LogP) is 3.63. The first-order valence-electron chi connectivity index (χ1n) is 8.43. The quantitative estimate of drug-likeness (QED) is 0.719. The molecule has 10 heteroatoms. The number of allylic oxidation sites excluding steroid dienone is 1. The van der Waals surface area contributed by atoms with Crippen molar-refractivity contribution < 1.29 is 23.1 Å². The van der Waals surface area contributed by atoms with E-state index in [2.05, 4.69) is 20.7 Å². The lowest BCUT2D eigenvalue weighted by Gasteiger charge is -2.12. The van der Waals surface area contributed by atoms with Gasteiger partial charge in [-0.15, -0.1) is 0 Å². The molecule has 28 heavy (non-hydrogen) atoms. The minimum absolute atomic E-state index is 0.161. The van der Waals surface area contributed by atoms with Crippen molar-refractivity contribution in [3.05, 3.63) is 47.6 Å². The Balaban J connectivity index is 2.09. The number of carbonyl (C=O) groups is 1. The molecule has 0 spiro atoms. The van der Waals surface area contributed by atoms with Gasteiger partial charge in [0, 0.05) is 6.20 Å². The lowest BCUT2D eigenvalue weighted by Crippen LogP contribution is -2.29. The van der Waals surface area contributed by atoms with Gasteiger partial charge in [0.25, 0.3) is 0 Å². The Kier molecular flexibility index (Phi) is 6.45. The summed E-state index contributed by atoms with van der Waals surface area (Å²) < 4.78 is 40.0. The SMILES string of the molecule is CC(C)(C)C=Cn1nc(C(F)(F)F)cc1CNC(=O)Nc1ccc(CO)nc1. The van der Waals surface area contributed by atoms with E-state index in [1.165, 1.54) is 18.5 Å². The van der Waals surface area contributed by atoms with Crippen molar-refractivity contribution in [2.75, 3.05) is 5.32 Å². The molecule has 0 fully saturated rings. The van der Waals surface area contributed by atoms with Crippen LogP contribution in [0.25, 0.3) is 6.20 Å². The molecule has 152 valence electrons. The minimum Gasteiger partial charge on any atom is -0.390 e. The van der Waals surface area contributed by atoms with Crippen LogP contribution in [0.15, 0.2) is 30.5 Å². The van der Waals surface area contributed by atoms with E-state index in [4.69, 9.17) is 5.11 Å². The van der Waals surface area contributed by atoms with E-state index < -0.39 is 17.9 Å². The molecule has 0 unspecified atom stereocenters. The van der Waals surface area contributed by atoms with E-state index >= 15 is 0 Å². The monoisotopic (exact) mass is 397 g/mol. The average Bonchev–Trinajstić information content (AvgIpc) is 3.02. The number of anilines is 1. The number of aliphatic hydroxyl groups is 1. The molecule has 2 aromatic rings. The molecule has 2 aromatic heterocycles. The number of nitrogens with zero attached hydrogens (tertiary/aromatic N) is 3. The van der Waals surface area contributed by atoms with Crippen molar-refractivity contribution in [2.24, 2.45) is 5.41 Å². The van der Waals surface area contributed by atoms with Gasteiger partial charge < -0.3 is 15.7 Å². The number of hydrogen-bond acceptors (Lipinski definition) is 4. The number of nitrogens with one attached hydrogen (secondary N) is 2. The maximum absolute atomic E-state index is 13.0. The van der Waals surface area contributed by atoms with Crippen LogP contribution < -0.4 is 10.6 Å². The summed E-state index contributed by atoms with van der Waals surface area (Å²) in [5.74, 6) is 0. The van der Waals surface area contributed by atoms with Gasteiger partial charge in [-0.3, -0.25) is 4.98 Å². The van der Waals surface area contributed by atoms with Gasteiger partial charge in [0.2, 0.25) is 0 Å². The van der Waals surface area contributed by atoms with Gasteiger partial charge in [-0.25, -0.2) is 9.48 Å². The number of rotatable bonds is 5. The van der Waals surface area contributed by atoms with Crippen LogP contribution in [-0.2, 0) is 19.3 Å². The molecule has 0 atom stereocenters. The molecule has 3 N–H and O–H groups in total. The van der Waals surface area contributed by atoms with Crippen LogP contribution in [0.2, 0.25) is 0 Å². The highest BCUT2D eigenvalue weighted by atomic mass is 19.4. The Bertz CT molecular complexity index is 836. The van der Waals surface area contributed by atoms with Crippen molar-refractivity contribution in [3.63, 3.8) is 0 Å². The first-order chi connectivity index (χ1) is 13.0. The Labute approximate surface area is 160 Å². The van der Waals surface area contributed by atoms with E-state index in [1.807, 2.05) is 20.8 Å². The van der Waals surface area contributed by atoms with Crippen LogP contribution in [0.3, 0.4) is 0 Å². The zero-order valence-electron chi connectivity index (χ0n) is 15.7. The first kappa shape index (κ1) is 21.4. The molecule has 7 nitrogen and oxygen atoms in total. The number of pyridine rings is 1. The van der Waals surface area contributed by atoms with Gasteiger partial charge in [0.1, 0.15) is 0 Å². The van der Waals surface area contributed by atoms with E-state index in [1.54, 1.807) is 12.1 Å². The molecule has 2 amide bonds. The van der Waals surface area contributed by atoms with Crippen LogP contribution in [0.5, 0.6) is 0 Å². The maximum Gasteiger partial charge on any atom is 0.435 e. The number of alkyl halides is 3. The summed E-state index contributed by atoms with van der Waals surface area (Å²) >= 11 is 0. The van der Waals surface area contributed by atoms with Crippen molar-refractivity contribution in [3.8, 4) is 0 Å². The highest BCUT2D eigenvalue weighted by Gasteiger charge is 2.34. The summed E-state index contributed by atoms with van der Waals surface area (Å²) in [5, 5.41) is 17.5. The predicted molar refractivity (Wildman–Crippen MR) is 98.0 cm³/mol. The molecular weight excluding hydrogens is 375 g/mol. The summed E-state index contributed by atoms with van der Waals surface area (Å²) in [4.78, 5) is 15.9. The molecule has 0 aliphatic heterocycles. The first-order valence-corrected chi connectivity index (χ1v) is 8.43. The molecule has 0 aromatic carbocycles. The van der Waals surface area contributed by atoms with Crippen molar-refractivity contribution >= 4 is 17.9 Å². The summed E-state index contributed by atoms with van der Waals surface area (Å²) in [5.41, 5.74) is -0.282. The molecule has 0 aliphatic carbocycles. The van der Waals surface area contributed by atoms with Gasteiger partial charge in [-0.2, -0.15) is 18.3 Å². The highest BCUT2D eigenvalue weighted by Crippen LogP contribution is 2.29. The van der Waals surface area contributed by atoms with E-state index in [0.717, 1.165) is 10.7 Å². The zero-order chi connectivity index (χ0) is 20.9. The summed E-state index contributed by atoms with van der Waals surface area (Å²) in [7, 11) is 0. The molecule has 0 bridgehead atoms. The summed E-state index contributed by atoms with van der Waals surface area (Å²) in [6, 6.07) is 3.37. The summed E-state index contributed by atoms with van der Waals surface area (Å²) in [6.45, 7) is 5.32. The highest BCUT2D eigenvalue weighted by molar-refractivity contribution is 5.88. The van der Waals surface area contributed by atoms with Crippen molar-refractivity contribution in [1.82, 2.24) is 20.1 Å². The second-order valence-corrected chi connectivity index (χ2v) is 7.15. The third-order valence-corrected chi connectivity index (χ3v) is 3.49. The molecular formula is C18H22F3N5O2. The summed E-state index contributed by atoms with van der Waals surface area (Å²) in [6.07, 6.45) is -0.0546. The number of urea groups is 1. The van der Waals surface area contributed by atoms with Crippen molar-refractivity contribution in [1.29, 1.82) is 0 Å². The van der Waals surface area contributed by atoms with Gasteiger partial charge in [0.05, 0.1) is 36.4 Å². The molecule has 0 aliphatic rings. The maximum atomic E-state index is 13.0. The van der Waals surface area contributed by atoms with E-state index in [-0.39, 0.29) is 24.3 Å². The Morgan fingerprint density at radius 3 is 2.54 bits per heavy atom. The lowest BCUT2D eigenvalue weighted by atomic mass is 9.97. The third-order valence-electron chi connectivity index (χ3n) is 3.49. The van der Waals surface area contributed by atoms with Crippen molar-refractivity contribution in [2.45, 2.75) is 40.1 Å². The third kappa shape index (κ3) is 6.38. The minimum atomic E-state index is -4.59.